The summed E-state index contributed by atoms with van der Waals surface area (Å²) >= 11 is 0. The normalized spacial score (nSPS) is 10.4. The molecule has 4 heteroatoms. The third-order valence-corrected chi connectivity index (χ3v) is 3.92. The van der Waals surface area contributed by atoms with Gasteiger partial charge in [-0.3, -0.25) is 0 Å². The van der Waals surface area contributed by atoms with Crippen LogP contribution in [0.1, 0.15) is 0 Å². The van der Waals surface area contributed by atoms with Crippen LogP contribution in [0, 0.1) is 0 Å². The summed E-state index contributed by atoms with van der Waals surface area (Å²) in [6, 6.07) is 23.5. The van der Waals surface area contributed by atoms with Gasteiger partial charge in [0.25, 0.3) is 0 Å². The number of nitrogens with two attached hydrogens (primary N) is 3. The predicted molar refractivity (Wildman–Crippen MR) is 97.2 cm³/mol. The number of hydrogen-bond acceptors (Lipinski definition) is 3. The number of nitrogen functional groups attached to an aromatic ring is 3. The minimum absolute atomic E-state index is 0.0800. The molecule has 0 radical (unpaired) electrons. The molecule has 3 nitrogen and oxygen atoms in total. The average molecular weight is 287 g/mol. The van der Waals surface area contributed by atoms with Crippen molar-refractivity contribution in [1.29, 1.82) is 0 Å². The van der Waals surface area contributed by atoms with Gasteiger partial charge in [0.1, 0.15) is 0 Å². The fourth-order valence-corrected chi connectivity index (χ4v) is 2.82. The fourth-order valence-electron chi connectivity index (χ4n) is 2.82. The Hall–Kier alpha value is -2.88. The third kappa shape index (κ3) is 2.51. The predicted octanol–water partition coefficient (Wildman–Crippen LogP) is 0.949. The van der Waals surface area contributed by atoms with E-state index >= 15 is 0 Å². The first-order valence-electron chi connectivity index (χ1n) is 7.21. The molecular weight excluding hydrogens is 269 g/mol. The molecule has 0 unspecified atom stereocenters. The Morgan fingerprint density at radius 1 is 0.455 bits per heavy atom. The number of para-hydroxylation sites is 3. The maximum Gasteiger partial charge on any atom is 0.249 e. The lowest BCUT2D eigenvalue weighted by Crippen LogP contribution is -2.54. The van der Waals surface area contributed by atoms with Gasteiger partial charge in [-0.1, -0.05) is 54.6 Å². The van der Waals surface area contributed by atoms with Crippen molar-refractivity contribution in [2.75, 3.05) is 17.2 Å². The Morgan fingerprint density at radius 3 is 1.00 bits per heavy atom. The first-order chi connectivity index (χ1) is 10.7. The molecule has 0 saturated heterocycles. The molecule has 0 bridgehead atoms. The molecular formula is C18H18BN3. The van der Waals surface area contributed by atoms with Crippen molar-refractivity contribution in [3.05, 3.63) is 72.8 Å². The van der Waals surface area contributed by atoms with Crippen LogP contribution < -0.4 is 33.6 Å². The summed E-state index contributed by atoms with van der Waals surface area (Å²) in [7, 11) is 0. The van der Waals surface area contributed by atoms with Crippen LogP contribution in [0.15, 0.2) is 72.8 Å². The largest absolute Gasteiger partial charge is 0.399 e. The Labute approximate surface area is 130 Å². The highest BCUT2D eigenvalue weighted by Gasteiger charge is 2.26. The lowest BCUT2D eigenvalue weighted by molar-refractivity contribution is 1.68. The molecule has 0 spiro atoms. The van der Waals surface area contributed by atoms with Crippen LogP contribution in [0.3, 0.4) is 0 Å². The summed E-state index contributed by atoms with van der Waals surface area (Å²) in [6.07, 6.45) is 0. The molecule has 0 heterocycles. The van der Waals surface area contributed by atoms with Crippen molar-refractivity contribution in [2.45, 2.75) is 0 Å². The van der Waals surface area contributed by atoms with E-state index in [1.54, 1.807) is 0 Å². The number of benzene rings is 3. The van der Waals surface area contributed by atoms with Gasteiger partial charge in [0, 0.05) is 17.1 Å². The van der Waals surface area contributed by atoms with E-state index in [2.05, 4.69) is 0 Å². The van der Waals surface area contributed by atoms with E-state index in [-0.39, 0.29) is 6.71 Å². The van der Waals surface area contributed by atoms with Crippen LogP contribution in [0.25, 0.3) is 0 Å². The molecule has 0 amide bonds. The maximum atomic E-state index is 6.21. The molecule has 3 rings (SSSR count). The van der Waals surface area contributed by atoms with Crippen LogP contribution in [0.5, 0.6) is 0 Å². The molecule has 0 aromatic heterocycles. The first-order valence-corrected chi connectivity index (χ1v) is 7.21. The van der Waals surface area contributed by atoms with Crippen molar-refractivity contribution >= 4 is 40.2 Å². The highest BCUT2D eigenvalue weighted by molar-refractivity contribution is 6.98. The summed E-state index contributed by atoms with van der Waals surface area (Å²) in [5, 5.41) is 0. The zero-order chi connectivity index (χ0) is 15.5. The highest BCUT2D eigenvalue weighted by Crippen LogP contribution is 2.08. The van der Waals surface area contributed by atoms with Crippen molar-refractivity contribution in [1.82, 2.24) is 0 Å². The molecule has 0 atom stereocenters. The second-order valence-corrected chi connectivity index (χ2v) is 5.32. The van der Waals surface area contributed by atoms with Gasteiger partial charge in [-0.05, 0) is 34.6 Å². The number of hydrogen-bond donors (Lipinski definition) is 3. The van der Waals surface area contributed by atoms with Gasteiger partial charge in [0.05, 0.1) is 0 Å². The molecule has 22 heavy (non-hydrogen) atoms. The summed E-state index contributed by atoms with van der Waals surface area (Å²) in [5.74, 6) is 0. The minimum Gasteiger partial charge on any atom is -0.399 e. The van der Waals surface area contributed by atoms with Crippen LogP contribution >= 0.6 is 0 Å². The quantitative estimate of drug-likeness (QED) is 0.496. The molecule has 3 aromatic rings. The molecule has 6 N–H and O–H groups in total. The van der Waals surface area contributed by atoms with Crippen LogP contribution in [-0.4, -0.2) is 6.71 Å². The van der Waals surface area contributed by atoms with Crippen LogP contribution in [0.2, 0.25) is 0 Å². The van der Waals surface area contributed by atoms with E-state index < -0.39 is 0 Å². The van der Waals surface area contributed by atoms with Gasteiger partial charge >= 0.3 is 0 Å². The van der Waals surface area contributed by atoms with E-state index in [1.165, 1.54) is 0 Å². The van der Waals surface area contributed by atoms with E-state index in [0.717, 1.165) is 33.5 Å². The van der Waals surface area contributed by atoms with Crippen molar-refractivity contribution in [3.8, 4) is 0 Å². The van der Waals surface area contributed by atoms with E-state index in [9.17, 15) is 0 Å². The van der Waals surface area contributed by atoms with Gasteiger partial charge in [0.2, 0.25) is 6.71 Å². The molecule has 108 valence electrons. The summed E-state index contributed by atoms with van der Waals surface area (Å²) in [4.78, 5) is 0. The lowest BCUT2D eigenvalue weighted by Gasteiger charge is -2.20. The van der Waals surface area contributed by atoms with Gasteiger partial charge in [-0.15, -0.1) is 0 Å². The Kier molecular flexibility index (Phi) is 3.75. The third-order valence-electron chi connectivity index (χ3n) is 3.92. The SMILES string of the molecule is Nc1ccccc1B(c1ccccc1N)c1ccccc1N. The second kappa shape index (κ2) is 5.86. The first kappa shape index (κ1) is 14.1. The van der Waals surface area contributed by atoms with Crippen molar-refractivity contribution < 1.29 is 0 Å². The van der Waals surface area contributed by atoms with Gasteiger partial charge in [-0.25, -0.2) is 0 Å². The van der Waals surface area contributed by atoms with Gasteiger partial charge < -0.3 is 17.2 Å². The fraction of sp³-hybridized carbons (Fsp3) is 0. The Bertz CT molecular complexity index is 693. The van der Waals surface area contributed by atoms with E-state index in [0.29, 0.717) is 0 Å². The molecule has 0 aliphatic rings. The lowest BCUT2D eigenvalue weighted by atomic mass is 9.36. The van der Waals surface area contributed by atoms with Gasteiger partial charge in [-0.2, -0.15) is 0 Å². The maximum absolute atomic E-state index is 6.21. The summed E-state index contributed by atoms with van der Waals surface area (Å²) in [5.41, 5.74) is 23.9. The Balaban J connectivity index is 2.27. The van der Waals surface area contributed by atoms with Gasteiger partial charge in [0.15, 0.2) is 0 Å². The Morgan fingerprint density at radius 2 is 0.727 bits per heavy atom. The second-order valence-electron chi connectivity index (χ2n) is 5.32. The zero-order valence-electron chi connectivity index (χ0n) is 12.2. The van der Waals surface area contributed by atoms with E-state index in [4.69, 9.17) is 17.2 Å². The standard InChI is InChI=1S/C18H18BN3/c20-16-10-4-1-7-13(16)19(14-8-2-5-11-17(14)21)15-9-3-6-12-18(15)22/h1-12H,20-22H2. The molecule has 3 aromatic carbocycles. The average Bonchev–Trinajstić information content (AvgIpc) is 2.53. The van der Waals surface area contributed by atoms with Crippen LogP contribution in [0.4, 0.5) is 17.1 Å². The highest BCUT2D eigenvalue weighted by atomic mass is 14.6. The number of anilines is 3. The van der Waals surface area contributed by atoms with Crippen molar-refractivity contribution in [2.24, 2.45) is 0 Å². The zero-order valence-corrected chi connectivity index (χ0v) is 12.2. The van der Waals surface area contributed by atoms with Crippen molar-refractivity contribution in [3.63, 3.8) is 0 Å². The molecule has 0 aliphatic heterocycles. The monoisotopic (exact) mass is 287 g/mol. The molecule has 0 fully saturated rings. The molecule has 0 aliphatic carbocycles. The summed E-state index contributed by atoms with van der Waals surface area (Å²) in [6.45, 7) is -0.0800. The minimum atomic E-state index is -0.0800. The van der Waals surface area contributed by atoms with E-state index in [1.807, 2.05) is 72.8 Å². The topological polar surface area (TPSA) is 78.1 Å². The molecule has 0 saturated carbocycles. The van der Waals surface area contributed by atoms with Crippen LogP contribution in [-0.2, 0) is 0 Å². The smallest absolute Gasteiger partial charge is 0.249 e. The summed E-state index contributed by atoms with van der Waals surface area (Å²) < 4.78 is 0. The number of rotatable bonds is 3.